The summed E-state index contributed by atoms with van der Waals surface area (Å²) in [6.45, 7) is 7.26. The van der Waals surface area contributed by atoms with Gasteiger partial charge in [0.1, 0.15) is 0 Å². The molecule has 1 nitrogen and oxygen atoms in total. The summed E-state index contributed by atoms with van der Waals surface area (Å²) in [6, 6.07) is 0. The molecule has 0 amide bonds. The topological polar surface area (TPSA) is 9.23 Å². The van der Waals surface area contributed by atoms with Crippen molar-refractivity contribution >= 4 is 0 Å². The molecule has 0 heterocycles. The standard InChI is InChI=1S/C10H20O.C2H6/c1-3-6-10(9-11-2)7-4-5-8-10;1-2/h3-9H2,1-2H3;1-2H3. The van der Waals surface area contributed by atoms with Gasteiger partial charge in [-0.15, -0.1) is 0 Å². The Labute approximate surface area is 83.9 Å². The van der Waals surface area contributed by atoms with Crippen molar-refractivity contribution in [3.8, 4) is 0 Å². The van der Waals surface area contributed by atoms with Gasteiger partial charge in [-0.05, 0) is 24.7 Å². The van der Waals surface area contributed by atoms with E-state index in [9.17, 15) is 0 Å². The first-order valence-corrected chi connectivity index (χ1v) is 5.82. The van der Waals surface area contributed by atoms with Gasteiger partial charge in [-0.3, -0.25) is 0 Å². The summed E-state index contributed by atoms with van der Waals surface area (Å²) >= 11 is 0. The lowest BCUT2D eigenvalue weighted by Gasteiger charge is -2.27. The minimum Gasteiger partial charge on any atom is -0.384 e. The number of hydrogen-bond acceptors (Lipinski definition) is 1. The zero-order valence-electron chi connectivity index (χ0n) is 9.86. The molecule has 0 N–H and O–H groups in total. The van der Waals surface area contributed by atoms with E-state index in [2.05, 4.69) is 6.92 Å². The molecule has 80 valence electrons. The van der Waals surface area contributed by atoms with Gasteiger partial charge in [-0.2, -0.15) is 0 Å². The number of ether oxygens (including phenoxy) is 1. The van der Waals surface area contributed by atoms with E-state index in [0.717, 1.165) is 6.61 Å². The summed E-state index contributed by atoms with van der Waals surface area (Å²) in [4.78, 5) is 0. The molecule has 1 saturated carbocycles. The Kier molecular flexibility index (Phi) is 7.35. The first-order chi connectivity index (χ1) is 6.33. The van der Waals surface area contributed by atoms with E-state index >= 15 is 0 Å². The van der Waals surface area contributed by atoms with Gasteiger partial charge < -0.3 is 4.74 Å². The highest BCUT2D eigenvalue weighted by Crippen LogP contribution is 2.41. The first-order valence-electron chi connectivity index (χ1n) is 5.82. The van der Waals surface area contributed by atoms with Crippen molar-refractivity contribution in [2.75, 3.05) is 13.7 Å². The molecule has 0 atom stereocenters. The Morgan fingerprint density at radius 1 is 1.15 bits per heavy atom. The monoisotopic (exact) mass is 186 g/mol. The van der Waals surface area contributed by atoms with Crippen molar-refractivity contribution in [1.29, 1.82) is 0 Å². The van der Waals surface area contributed by atoms with Gasteiger partial charge >= 0.3 is 0 Å². The summed E-state index contributed by atoms with van der Waals surface area (Å²) in [5.74, 6) is 0. The van der Waals surface area contributed by atoms with Crippen LogP contribution in [0, 0.1) is 5.41 Å². The molecule has 0 spiro atoms. The molecule has 0 aliphatic heterocycles. The number of rotatable bonds is 4. The summed E-state index contributed by atoms with van der Waals surface area (Å²) in [6.07, 6.45) is 8.31. The minimum absolute atomic E-state index is 0.573. The van der Waals surface area contributed by atoms with Crippen LogP contribution in [-0.2, 0) is 4.74 Å². The molecule has 1 fully saturated rings. The molecule has 0 bridgehead atoms. The van der Waals surface area contributed by atoms with Gasteiger partial charge in [-0.25, -0.2) is 0 Å². The van der Waals surface area contributed by atoms with Gasteiger partial charge in [0, 0.05) is 7.11 Å². The largest absolute Gasteiger partial charge is 0.384 e. The molecule has 0 unspecified atom stereocenters. The van der Waals surface area contributed by atoms with Crippen molar-refractivity contribution in [1.82, 2.24) is 0 Å². The second kappa shape index (κ2) is 7.37. The maximum atomic E-state index is 5.28. The van der Waals surface area contributed by atoms with Crippen molar-refractivity contribution in [2.45, 2.75) is 59.3 Å². The van der Waals surface area contributed by atoms with Crippen molar-refractivity contribution in [3.05, 3.63) is 0 Å². The molecule has 0 saturated heterocycles. The lowest BCUT2D eigenvalue weighted by Crippen LogP contribution is -2.22. The second-order valence-corrected chi connectivity index (χ2v) is 3.89. The summed E-state index contributed by atoms with van der Waals surface area (Å²) < 4.78 is 5.28. The smallest absolute Gasteiger partial charge is 0.0518 e. The predicted molar refractivity (Wildman–Crippen MR) is 59.0 cm³/mol. The Morgan fingerprint density at radius 2 is 1.69 bits per heavy atom. The SMILES string of the molecule is CC.CCCC1(COC)CCCC1. The lowest BCUT2D eigenvalue weighted by atomic mass is 9.83. The highest BCUT2D eigenvalue weighted by atomic mass is 16.5. The van der Waals surface area contributed by atoms with E-state index in [1.165, 1.54) is 38.5 Å². The third-order valence-electron chi connectivity index (χ3n) is 2.90. The first kappa shape index (κ1) is 13.0. The van der Waals surface area contributed by atoms with Crippen LogP contribution in [0.15, 0.2) is 0 Å². The summed E-state index contributed by atoms with van der Waals surface area (Å²) in [5.41, 5.74) is 0.573. The van der Waals surface area contributed by atoms with E-state index < -0.39 is 0 Å². The Bertz CT molecular complexity index is 95.7. The maximum absolute atomic E-state index is 5.28. The normalized spacial score (nSPS) is 19.4. The van der Waals surface area contributed by atoms with Crippen LogP contribution >= 0.6 is 0 Å². The number of methoxy groups -OCH3 is 1. The highest BCUT2D eigenvalue weighted by Gasteiger charge is 2.32. The highest BCUT2D eigenvalue weighted by molar-refractivity contribution is 4.83. The van der Waals surface area contributed by atoms with Gasteiger partial charge in [0.15, 0.2) is 0 Å². The van der Waals surface area contributed by atoms with Gasteiger partial charge in [-0.1, -0.05) is 40.0 Å². The molecular weight excluding hydrogens is 160 g/mol. The van der Waals surface area contributed by atoms with Crippen LogP contribution in [0.5, 0.6) is 0 Å². The third kappa shape index (κ3) is 4.12. The molecule has 1 heteroatoms. The lowest BCUT2D eigenvalue weighted by molar-refractivity contribution is 0.0761. The average molecular weight is 186 g/mol. The fourth-order valence-electron chi connectivity index (χ4n) is 2.43. The molecule has 0 aromatic rings. The van der Waals surface area contributed by atoms with Crippen LogP contribution in [0.3, 0.4) is 0 Å². The quantitative estimate of drug-likeness (QED) is 0.644. The number of hydrogen-bond donors (Lipinski definition) is 0. The van der Waals surface area contributed by atoms with Crippen molar-refractivity contribution in [3.63, 3.8) is 0 Å². The Balaban J connectivity index is 0.000000671. The van der Waals surface area contributed by atoms with Crippen LogP contribution in [0.1, 0.15) is 59.3 Å². The maximum Gasteiger partial charge on any atom is 0.0518 e. The molecule has 1 aliphatic carbocycles. The molecule has 0 aromatic carbocycles. The summed E-state index contributed by atoms with van der Waals surface area (Å²) in [7, 11) is 1.83. The molecular formula is C12H26O. The van der Waals surface area contributed by atoms with Crippen LogP contribution in [0.4, 0.5) is 0 Å². The fraction of sp³-hybridized carbons (Fsp3) is 1.00. The van der Waals surface area contributed by atoms with E-state index in [0.29, 0.717) is 5.41 Å². The third-order valence-corrected chi connectivity index (χ3v) is 2.90. The van der Waals surface area contributed by atoms with Crippen LogP contribution in [0.2, 0.25) is 0 Å². The Morgan fingerprint density at radius 3 is 2.08 bits per heavy atom. The zero-order chi connectivity index (χ0) is 10.2. The van der Waals surface area contributed by atoms with Crippen molar-refractivity contribution < 1.29 is 4.74 Å². The van der Waals surface area contributed by atoms with Gasteiger partial charge in [0.25, 0.3) is 0 Å². The second-order valence-electron chi connectivity index (χ2n) is 3.89. The van der Waals surface area contributed by atoms with Crippen LogP contribution in [0.25, 0.3) is 0 Å². The minimum atomic E-state index is 0.573. The van der Waals surface area contributed by atoms with Crippen LogP contribution < -0.4 is 0 Å². The van der Waals surface area contributed by atoms with Gasteiger partial charge in [0.05, 0.1) is 6.61 Å². The van der Waals surface area contributed by atoms with E-state index in [-0.39, 0.29) is 0 Å². The van der Waals surface area contributed by atoms with E-state index in [4.69, 9.17) is 4.74 Å². The fourth-order valence-corrected chi connectivity index (χ4v) is 2.43. The Hall–Kier alpha value is -0.0400. The van der Waals surface area contributed by atoms with Crippen LogP contribution in [-0.4, -0.2) is 13.7 Å². The molecule has 0 radical (unpaired) electrons. The molecule has 0 aromatic heterocycles. The van der Waals surface area contributed by atoms with E-state index in [1.807, 2.05) is 21.0 Å². The van der Waals surface area contributed by atoms with Gasteiger partial charge in [0.2, 0.25) is 0 Å². The summed E-state index contributed by atoms with van der Waals surface area (Å²) in [5, 5.41) is 0. The van der Waals surface area contributed by atoms with E-state index in [1.54, 1.807) is 0 Å². The van der Waals surface area contributed by atoms with Crippen molar-refractivity contribution in [2.24, 2.45) is 5.41 Å². The predicted octanol–water partition coefficient (Wildman–Crippen LogP) is 4.02. The molecule has 1 aliphatic rings. The zero-order valence-corrected chi connectivity index (χ0v) is 9.86. The average Bonchev–Trinajstić information content (AvgIpc) is 2.58. The molecule has 1 rings (SSSR count). The molecule has 13 heavy (non-hydrogen) atoms.